The van der Waals surface area contributed by atoms with Crippen molar-refractivity contribution in [1.82, 2.24) is 0 Å². The van der Waals surface area contributed by atoms with Gasteiger partial charge in [0, 0.05) is 0 Å². The van der Waals surface area contributed by atoms with Crippen molar-refractivity contribution < 1.29 is 8.78 Å². The van der Waals surface area contributed by atoms with Crippen molar-refractivity contribution in [2.45, 2.75) is 11.8 Å². The molecule has 1 atom stereocenters. The van der Waals surface area contributed by atoms with E-state index in [1.807, 2.05) is 0 Å². The lowest BCUT2D eigenvalue weighted by molar-refractivity contribution is 0.606. The summed E-state index contributed by atoms with van der Waals surface area (Å²) < 4.78 is 26.4. The Hall–Kier alpha value is -1.41. The van der Waals surface area contributed by atoms with E-state index in [4.69, 9.17) is 11.6 Å². The van der Waals surface area contributed by atoms with E-state index >= 15 is 0 Å². The first kappa shape index (κ1) is 12.1. The predicted molar refractivity (Wildman–Crippen MR) is 65.1 cm³/mol. The monoisotopic (exact) mass is 252 g/mol. The van der Waals surface area contributed by atoms with Gasteiger partial charge < -0.3 is 0 Å². The van der Waals surface area contributed by atoms with Crippen LogP contribution < -0.4 is 0 Å². The summed E-state index contributed by atoms with van der Waals surface area (Å²) in [7, 11) is 0. The molecule has 0 saturated carbocycles. The number of hydrogen-bond acceptors (Lipinski definition) is 0. The topological polar surface area (TPSA) is 0 Å². The maximum atomic E-state index is 13.4. The van der Waals surface area contributed by atoms with Crippen LogP contribution in [0.4, 0.5) is 8.78 Å². The van der Waals surface area contributed by atoms with Crippen molar-refractivity contribution >= 4 is 11.6 Å². The number of halogens is 3. The Morgan fingerprint density at radius 3 is 2.47 bits per heavy atom. The summed E-state index contributed by atoms with van der Waals surface area (Å²) >= 11 is 6.15. The largest absolute Gasteiger partial charge is 0.207 e. The van der Waals surface area contributed by atoms with Gasteiger partial charge in [-0.05, 0) is 35.7 Å². The van der Waals surface area contributed by atoms with E-state index in [1.54, 1.807) is 30.3 Å². The summed E-state index contributed by atoms with van der Waals surface area (Å²) in [6, 6.07) is 12.5. The number of benzene rings is 2. The highest BCUT2D eigenvalue weighted by atomic mass is 35.5. The molecule has 0 aromatic heterocycles. The summed E-state index contributed by atoms with van der Waals surface area (Å²) in [6.07, 6.45) is 0.345. The molecule has 0 bridgehead atoms. The van der Waals surface area contributed by atoms with Crippen LogP contribution in [0.2, 0.25) is 0 Å². The van der Waals surface area contributed by atoms with Gasteiger partial charge in [0.1, 0.15) is 11.6 Å². The smallest absolute Gasteiger partial charge is 0.126 e. The second kappa shape index (κ2) is 5.28. The second-order valence-corrected chi connectivity index (χ2v) is 4.34. The average molecular weight is 253 g/mol. The van der Waals surface area contributed by atoms with Crippen molar-refractivity contribution in [3.63, 3.8) is 0 Å². The Morgan fingerprint density at radius 1 is 1.00 bits per heavy atom. The van der Waals surface area contributed by atoms with Gasteiger partial charge in [0.2, 0.25) is 0 Å². The Bertz CT molecular complexity index is 511. The molecule has 0 spiro atoms. The van der Waals surface area contributed by atoms with Gasteiger partial charge in [-0.15, -0.1) is 11.6 Å². The van der Waals surface area contributed by atoms with E-state index in [0.717, 1.165) is 0 Å². The van der Waals surface area contributed by atoms with Crippen LogP contribution in [0.15, 0.2) is 48.5 Å². The van der Waals surface area contributed by atoms with E-state index in [0.29, 0.717) is 17.5 Å². The first-order valence-corrected chi connectivity index (χ1v) is 5.73. The minimum absolute atomic E-state index is 0.283. The van der Waals surface area contributed by atoms with Gasteiger partial charge in [0.05, 0.1) is 5.38 Å². The lowest BCUT2D eigenvalue weighted by Crippen LogP contribution is -1.98. The molecule has 3 heteroatoms. The predicted octanol–water partition coefficient (Wildman–Crippen LogP) is 4.49. The van der Waals surface area contributed by atoms with Gasteiger partial charge in [-0.1, -0.05) is 30.3 Å². The third-order valence-corrected chi connectivity index (χ3v) is 2.97. The molecule has 0 N–H and O–H groups in total. The molecule has 0 saturated heterocycles. The molecule has 88 valence electrons. The number of hydrogen-bond donors (Lipinski definition) is 0. The molecule has 2 rings (SSSR count). The zero-order chi connectivity index (χ0) is 12.3. The highest BCUT2D eigenvalue weighted by Gasteiger charge is 2.11. The van der Waals surface area contributed by atoms with Crippen LogP contribution in [0.1, 0.15) is 16.5 Å². The van der Waals surface area contributed by atoms with Crippen LogP contribution in [0.25, 0.3) is 0 Å². The van der Waals surface area contributed by atoms with Crippen molar-refractivity contribution in [3.8, 4) is 0 Å². The molecule has 0 aliphatic rings. The van der Waals surface area contributed by atoms with Gasteiger partial charge >= 0.3 is 0 Å². The fourth-order valence-electron chi connectivity index (χ4n) is 1.68. The molecule has 0 nitrogen and oxygen atoms in total. The summed E-state index contributed by atoms with van der Waals surface area (Å²) in [5, 5.41) is -0.428. The minimum atomic E-state index is -0.428. The molecular formula is C14H11ClF2. The van der Waals surface area contributed by atoms with Crippen molar-refractivity contribution in [2.75, 3.05) is 0 Å². The average Bonchev–Trinajstić information content (AvgIpc) is 2.32. The highest BCUT2D eigenvalue weighted by Crippen LogP contribution is 2.26. The summed E-state index contributed by atoms with van der Waals surface area (Å²) in [5.41, 5.74) is 1.20. The normalized spacial score (nSPS) is 12.4. The summed E-state index contributed by atoms with van der Waals surface area (Å²) in [4.78, 5) is 0. The zero-order valence-electron chi connectivity index (χ0n) is 9.04. The van der Waals surface area contributed by atoms with Crippen LogP contribution in [-0.4, -0.2) is 0 Å². The molecule has 0 amide bonds. The molecule has 0 radical (unpaired) electrons. The number of alkyl halides is 1. The fraction of sp³-hybridized carbons (Fsp3) is 0.143. The van der Waals surface area contributed by atoms with E-state index in [2.05, 4.69) is 0 Å². The lowest BCUT2D eigenvalue weighted by atomic mass is 10.0. The molecular weight excluding hydrogens is 242 g/mol. The van der Waals surface area contributed by atoms with Crippen LogP contribution >= 0.6 is 11.6 Å². The third kappa shape index (κ3) is 3.04. The van der Waals surface area contributed by atoms with Gasteiger partial charge in [-0.25, -0.2) is 8.78 Å². The molecule has 17 heavy (non-hydrogen) atoms. The first-order chi connectivity index (χ1) is 8.16. The van der Waals surface area contributed by atoms with Crippen molar-refractivity contribution in [3.05, 3.63) is 71.3 Å². The Labute approximate surface area is 104 Å². The maximum Gasteiger partial charge on any atom is 0.126 e. The molecule has 1 unspecified atom stereocenters. The fourth-order valence-corrected chi connectivity index (χ4v) is 1.98. The van der Waals surface area contributed by atoms with Crippen LogP contribution in [0, 0.1) is 11.6 Å². The Balaban J connectivity index is 2.17. The van der Waals surface area contributed by atoms with Crippen molar-refractivity contribution in [1.29, 1.82) is 0 Å². The molecule has 2 aromatic carbocycles. The number of rotatable bonds is 3. The van der Waals surface area contributed by atoms with E-state index < -0.39 is 5.38 Å². The van der Waals surface area contributed by atoms with Crippen molar-refractivity contribution in [2.24, 2.45) is 0 Å². The van der Waals surface area contributed by atoms with Gasteiger partial charge in [0.15, 0.2) is 0 Å². The lowest BCUT2D eigenvalue weighted by Gasteiger charge is -2.10. The van der Waals surface area contributed by atoms with E-state index in [1.165, 1.54) is 18.2 Å². The van der Waals surface area contributed by atoms with E-state index in [-0.39, 0.29) is 11.6 Å². The van der Waals surface area contributed by atoms with Gasteiger partial charge in [-0.2, -0.15) is 0 Å². The highest BCUT2D eigenvalue weighted by molar-refractivity contribution is 6.20. The van der Waals surface area contributed by atoms with Gasteiger partial charge in [0.25, 0.3) is 0 Å². The van der Waals surface area contributed by atoms with Gasteiger partial charge in [-0.3, -0.25) is 0 Å². The molecule has 0 heterocycles. The standard InChI is InChI=1S/C14H11ClF2/c15-13(10-5-3-6-12(16)8-10)9-11-4-1-2-7-14(11)17/h1-8,13H,9H2. The quantitative estimate of drug-likeness (QED) is 0.706. The SMILES string of the molecule is Fc1cccc(C(Cl)Cc2ccccc2F)c1. The molecule has 0 aliphatic heterocycles. The summed E-state index contributed by atoms with van der Waals surface area (Å²) in [5.74, 6) is -0.615. The minimum Gasteiger partial charge on any atom is -0.207 e. The Kier molecular flexibility index (Phi) is 3.75. The summed E-state index contributed by atoms with van der Waals surface area (Å²) in [6.45, 7) is 0. The van der Waals surface area contributed by atoms with Crippen LogP contribution in [0.3, 0.4) is 0 Å². The first-order valence-electron chi connectivity index (χ1n) is 5.30. The third-order valence-electron chi connectivity index (χ3n) is 2.57. The maximum absolute atomic E-state index is 13.4. The molecule has 2 aromatic rings. The molecule has 0 fully saturated rings. The van der Waals surface area contributed by atoms with E-state index in [9.17, 15) is 8.78 Å². The second-order valence-electron chi connectivity index (χ2n) is 3.82. The van der Waals surface area contributed by atoms with Crippen LogP contribution in [-0.2, 0) is 6.42 Å². The van der Waals surface area contributed by atoms with Crippen LogP contribution in [0.5, 0.6) is 0 Å². The zero-order valence-corrected chi connectivity index (χ0v) is 9.79. The Morgan fingerprint density at radius 2 is 1.76 bits per heavy atom. The molecule has 0 aliphatic carbocycles.